The van der Waals surface area contributed by atoms with Crippen LogP contribution in [0.4, 0.5) is 11.5 Å². The Labute approximate surface area is 177 Å². The van der Waals surface area contributed by atoms with Crippen LogP contribution in [-0.2, 0) is 4.79 Å². The zero-order valence-electron chi connectivity index (χ0n) is 15.2. The Bertz CT molecular complexity index is 1100. The van der Waals surface area contributed by atoms with Gasteiger partial charge in [0.15, 0.2) is 0 Å². The monoisotopic (exact) mass is 426 g/mol. The highest BCUT2D eigenvalue weighted by Gasteiger charge is 2.29. The Morgan fingerprint density at radius 3 is 2.59 bits per heavy atom. The normalized spacial score (nSPS) is 13.0. The van der Waals surface area contributed by atoms with Crippen molar-refractivity contribution in [3.05, 3.63) is 70.6 Å². The van der Waals surface area contributed by atoms with Gasteiger partial charge >= 0.3 is 0 Å². The zero-order valence-corrected chi connectivity index (χ0v) is 16.7. The van der Waals surface area contributed by atoms with Gasteiger partial charge in [0.05, 0.1) is 11.9 Å². The first kappa shape index (κ1) is 19.4. The van der Waals surface area contributed by atoms with E-state index < -0.39 is 0 Å². The molecule has 0 aliphatic heterocycles. The lowest BCUT2D eigenvalue weighted by Crippen LogP contribution is -2.16. The number of halogens is 2. The van der Waals surface area contributed by atoms with E-state index in [1.54, 1.807) is 48.8 Å². The molecule has 0 atom stereocenters. The summed E-state index contributed by atoms with van der Waals surface area (Å²) in [7, 11) is 0. The SMILES string of the molecule is O=C(Nc1cncc(-c2ccc(Cl)cc2Cl)c1)c1ccnc(NC(=O)C2CC2)c1. The second-order valence-corrected chi connectivity index (χ2v) is 7.58. The van der Waals surface area contributed by atoms with Crippen LogP contribution in [0.15, 0.2) is 55.0 Å². The van der Waals surface area contributed by atoms with Gasteiger partial charge in [-0.05, 0) is 43.2 Å². The van der Waals surface area contributed by atoms with E-state index in [2.05, 4.69) is 20.6 Å². The fourth-order valence-electron chi connectivity index (χ4n) is 2.80. The molecule has 8 heteroatoms. The molecule has 2 amide bonds. The molecule has 1 aliphatic carbocycles. The van der Waals surface area contributed by atoms with Gasteiger partial charge in [-0.15, -0.1) is 0 Å². The fourth-order valence-corrected chi connectivity index (χ4v) is 3.31. The maximum atomic E-state index is 12.6. The van der Waals surface area contributed by atoms with Gasteiger partial charge < -0.3 is 10.6 Å². The van der Waals surface area contributed by atoms with Crippen molar-refractivity contribution in [3.63, 3.8) is 0 Å². The lowest BCUT2D eigenvalue weighted by Gasteiger charge is -2.09. The molecule has 0 saturated heterocycles. The third kappa shape index (κ3) is 4.72. The number of nitrogens with one attached hydrogen (secondary N) is 2. The molecule has 2 N–H and O–H groups in total. The summed E-state index contributed by atoms with van der Waals surface area (Å²) in [6.45, 7) is 0. The first-order valence-corrected chi connectivity index (χ1v) is 9.74. The van der Waals surface area contributed by atoms with Crippen LogP contribution >= 0.6 is 23.2 Å². The lowest BCUT2D eigenvalue weighted by atomic mass is 10.1. The Kier molecular flexibility index (Phi) is 5.47. The predicted molar refractivity (Wildman–Crippen MR) is 113 cm³/mol. The topological polar surface area (TPSA) is 84.0 Å². The van der Waals surface area contributed by atoms with Gasteiger partial charge in [0.25, 0.3) is 5.91 Å². The van der Waals surface area contributed by atoms with Gasteiger partial charge in [-0.3, -0.25) is 14.6 Å². The molecule has 29 heavy (non-hydrogen) atoms. The summed E-state index contributed by atoms with van der Waals surface area (Å²) in [4.78, 5) is 32.8. The third-order valence-electron chi connectivity index (χ3n) is 4.46. The zero-order chi connectivity index (χ0) is 20.4. The summed E-state index contributed by atoms with van der Waals surface area (Å²) in [6, 6.07) is 10.1. The van der Waals surface area contributed by atoms with Gasteiger partial charge in [-0.1, -0.05) is 29.3 Å². The molecule has 1 aliphatic rings. The number of rotatable bonds is 5. The van der Waals surface area contributed by atoms with E-state index in [1.807, 2.05) is 0 Å². The molecule has 2 heterocycles. The molecule has 2 aromatic heterocycles. The standard InChI is InChI=1S/C21H16Cl2N4O2/c22-15-3-4-17(18(23)9-15)14-7-16(11-24-10-14)26-21(29)13-5-6-25-19(8-13)27-20(28)12-1-2-12/h3-12H,1-2H2,(H,26,29)(H,25,27,28). The van der Waals surface area contributed by atoms with Gasteiger partial charge in [-0.2, -0.15) is 0 Å². The van der Waals surface area contributed by atoms with Crippen LogP contribution in [0.5, 0.6) is 0 Å². The molecule has 6 nitrogen and oxygen atoms in total. The van der Waals surface area contributed by atoms with Crippen LogP contribution < -0.4 is 10.6 Å². The van der Waals surface area contributed by atoms with E-state index in [1.165, 1.54) is 6.20 Å². The molecule has 0 radical (unpaired) electrons. The van der Waals surface area contributed by atoms with Crippen molar-refractivity contribution < 1.29 is 9.59 Å². The average molecular weight is 427 g/mol. The molecule has 1 fully saturated rings. The van der Waals surface area contributed by atoms with Crippen molar-refractivity contribution in [1.82, 2.24) is 9.97 Å². The number of amides is 2. The minimum absolute atomic E-state index is 0.0581. The maximum Gasteiger partial charge on any atom is 0.255 e. The van der Waals surface area contributed by atoms with E-state index in [4.69, 9.17) is 23.2 Å². The largest absolute Gasteiger partial charge is 0.321 e. The highest BCUT2D eigenvalue weighted by atomic mass is 35.5. The Hall–Kier alpha value is -2.96. The molecular formula is C21H16Cl2N4O2. The summed E-state index contributed by atoms with van der Waals surface area (Å²) in [5.41, 5.74) is 2.39. The van der Waals surface area contributed by atoms with Crippen LogP contribution in [0, 0.1) is 5.92 Å². The van der Waals surface area contributed by atoms with E-state index in [0.29, 0.717) is 27.1 Å². The number of hydrogen-bond acceptors (Lipinski definition) is 4. The van der Waals surface area contributed by atoms with Crippen LogP contribution in [0.3, 0.4) is 0 Å². The minimum atomic E-state index is -0.338. The number of carbonyl (C=O) groups excluding carboxylic acids is 2. The van der Waals surface area contributed by atoms with Crippen molar-refractivity contribution in [2.45, 2.75) is 12.8 Å². The fraction of sp³-hybridized carbons (Fsp3) is 0.143. The van der Waals surface area contributed by atoms with E-state index in [0.717, 1.165) is 24.0 Å². The minimum Gasteiger partial charge on any atom is -0.321 e. The summed E-state index contributed by atoms with van der Waals surface area (Å²) in [5.74, 6) is 0.0134. The summed E-state index contributed by atoms with van der Waals surface area (Å²) in [5, 5.41) is 6.57. The number of anilines is 2. The molecule has 3 aromatic rings. The summed E-state index contributed by atoms with van der Waals surface area (Å²) < 4.78 is 0. The number of aromatic nitrogens is 2. The van der Waals surface area contributed by atoms with Crippen LogP contribution in [0.1, 0.15) is 23.2 Å². The second-order valence-electron chi connectivity index (χ2n) is 6.73. The van der Waals surface area contributed by atoms with E-state index in [9.17, 15) is 9.59 Å². The van der Waals surface area contributed by atoms with Crippen LogP contribution in [0.2, 0.25) is 10.0 Å². The second kappa shape index (κ2) is 8.19. The van der Waals surface area contributed by atoms with E-state index in [-0.39, 0.29) is 17.7 Å². The Morgan fingerprint density at radius 1 is 1.00 bits per heavy atom. The number of nitrogens with zero attached hydrogens (tertiary/aromatic N) is 2. The van der Waals surface area contributed by atoms with Crippen LogP contribution in [-0.4, -0.2) is 21.8 Å². The van der Waals surface area contributed by atoms with Crippen molar-refractivity contribution >= 4 is 46.5 Å². The first-order valence-electron chi connectivity index (χ1n) is 8.98. The molecule has 4 rings (SSSR count). The lowest BCUT2D eigenvalue weighted by molar-refractivity contribution is -0.117. The highest BCUT2D eigenvalue weighted by molar-refractivity contribution is 6.36. The third-order valence-corrected chi connectivity index (χ3v) is 5.01. The van der Waals surface area contributed by atoms with Crippen LogP contribution in [0.25, 0.3) is 11.1 Å². The van der Waals surface area contributed by atoms with E-state index >= 15 is 0 Å². The Balaban J connectivity index is 1.50. The maximum absolute atomic E-state index is 12.6. The number of carbonyl (C=O) groups is 2. The van der Waals surface area contributed by atoms with Crippen molar-refractivity contribution in [1.29, 1.82) is 0 Å². The summed E-state index contributed by atoms with van der Waals surface area (Å²) >= 11 is 12.2. The van der Waals surface area contributed by atoms with Gasteiger partial charge in [0.1, 0.15) is 5.82 Å². The number of benzene rings is 1. The van der Waals surface area contributed by atoms with Gasteiger partial charge in [0, 0.05) is 45.0 Å². The molecule has 1 saturated carbocycles. The summed E-state index contributed by atoms with van der Waals surface area (Å²) in [6.07, 6.45) is 6.48. The molecule has 0 spiro atoms. The molecule has 1 aromatic carbocycles. The van der Waals surface area contributed by atoms with Gasteiger partial charge in [-0.25, -0.2) is 4.98 Å². The number of hydrogen-bond donors (Lipinski definition) is 2. The quantitative estimate of drug-likeness (QED) is 0.597. The van der Waals surface area contributed by atoms with Crippen molar-refractivity contribution in [2.75, 3.05) is 10.6 Å². The van der Waals surface area contributed by atoms with Crippen molar-refractivity contribution in [2.24, 2.45) is 5.92 Å². The van der Waals surface area contributed by atoms with Crippen molar-refractivity contribution in [3.8, 4) is 11.1 Å². The number of pyridine rings is 2. The predicted octanol–water partition coefficient (Wildman–Crippen LogP) is 5.05. The molecule has 146 valence electrons. The first-order chi connectivity index (χ1) is 14.0. The van der Waals surface area contributed by atoms with Gasteiger partial charge in [0.2, 0.25) is 5.91 Å². The molecule has 0 unspecified atom stereocenters. The smallest absolute Gasteiger partial charge is 0.255 e. The Morgan fingerprint density at radius 2 is 1.83 bits per heavy atom. The molecular weight excluding hydrogens is 411 g/mol. The molecule has 0 bridgehead atoms. The highest BCUT2D eigenvalue weighted by Crippen LogP contribution is 2.31. The average Bonchev–Trinajstić information content (AvgIpc) is 3.54.